The molecule has 0 aliphatic rings. The van der Waals surface area contributed by atoms with Crippen LogP contribution >= 0.6 is 0 Å². The highest BCUT2D eigenvalue weighted by molar-refractivity contribution is 5.29. The lowest BCUT2D eigenvalue weighted by Crippen LogP contribution is -2.33. The predicted molar refractivity (Wildman–Crippen MR) is 65.5 cm³/mol. The van der Waals surface area contributed by atoms with Crippen molar-refractivity contribution >= 4 is 0 Å². The van der Waals surface area contributed by atoms with Crippen LogP contribution in [-0.4, -0.2) is 0 Å². The summed E-state index contributed by atoms with van der Waals surface area (Å²) in [6.45, 7) is 3.91. The molecule has 0 saturated heterocycles. The van der Waals surface area contributed by atoms with Crippen LogP contribution in [0.1, 0.15) is 43.9 Å². The van der Waals surface area contributed by atoms with Gasteiger partial charge in [0.25, 0.3) is 0 Å². The van der Waals surface area contributed by atoms with Crippen LogP contribution in [0.3, 0.4) is 0 Å². The molecule has 3 N–H and O–H groups in total. The third-order valence-corrected chi connectivity index (χ3v) is 3.36. The van der Waals surface area contributed by atoms with E-state index in [1.54, 1.807) is 0 Å². The minimum atomic E-state index is -4.68. The molecule has 0 aromatic heterocycles. The minimum absolute atomic E-state index is 0.140. The number of hydrogen-bond acceptors (Lipinski definition) is 2. The number of hydrogen-bond donors (Lipinski definition) is 2. The number of nitrogens with one attached hydrogen (secondary N) is 1. The van der Waals surface area contributed by atoms with Crippen molar-refractivity contribution in [2.24, 2.45) is 11.8 Å². The van der Waals surface area contributed by atoms with Crippen LogP contribution in [0.15, 0.2) is 18.2 Å². The summed E-state index contributed by atoms with van der Waals surface area (Å²) < 4.78 is 50.9. The van der Waals surface area contributed by atoms with Crippen LogP contribution in [0.2, 0.25) is 0 Å². The molecule has 1 aromatic carbocycles. The van der Waals surface area contributed by atoms with E-state index in [-0.39, 0.29) is 12.0 Å². The normalized spacial score (nSPS) is 13.9. The van der Waals surface area contributed by atoms with E-state index in [0.29, 0.717) is 5.56 Å². The number of hydrazine groups is 1. The van der Waals surface area contributed by atoms with Gasteiger partial charge in [0.15, 0.2) is 0 Å². The lowest BCUT2D eigenvalue weighted by atomic mass is 9.89. The zero-order chi connectivity index (χ0) is 14.6. The Bertz CT molecular complexity index is 414. The van der Waals surface area contributed by atoms with E-state index < -0.39 is 17.6 Å². The van der Waals surface area contributed by atoms with Crippen molar-refractivity contribution in [1.82, 2.24) is 5.43 Å². The molecule has 0 heterocycles. The Morgan fingerprint density at radius 2 is 1.79 bits per heavy atom. The summed E-state index contributed by atoms with van der Waals surface area (Å²) in [6.07, 6.45) is -3.08. The SMILES string of the molecule is CCC(CC)C(NN)c1ccc(C(F)(F)F)c(F)c1. The predicted octanol–water partition coefficient (Wildman–Crippen LogP) is 3.79. The van der Waals surface area contributed by atoms with Gasteiger partial charge < -0.3 is 0 Å². The van der Waals surface area contributed by atoms with Crippen molar-refractivity contribution in [1.29, 1.82) is 0 Å². The van der Waals surface area contributed by atoms with Gasteiger partial charge in [-0.3, -0.25) is 11.3 Å². The second-order valence-corrected chi connectivity index (χ2v) is 4.46. The van der Waals surface area contributed by atoms with Crippen molar-refractivity contribution in [2.75, 3.05) is 0 Å². The number of alkyl halides is 3. The summed E-state index contributed by atoms with van der Waals surface area (Å²) in [5, 5.41) is 0. The van der Waals surface area contributed by atoms with Crippen LogP contribution in [0.4, 0.5) is 17.6 Å². The van der Waals surface area contributed by atoms with Crippen molar-refractivity contribution in [2.45, 2.75) is 38.9 Å². The first-order valence-corrected chi connectivity index (χ1v) is 6.17. The monoisotopic (exact) mass is 278 g/mol. The molecule has 0 aliphatic carbocycles. The number of halogens is 4. The van der Waals surface area contributed by atoms with Gasteiger partial charge in [0.05, 0.1) is 5.56 Å². The smallest absolute Gasteiger partial charge is 0.271 e. The quantitative estimate of drug-likeness (QED) is 0.488. The molecule has 108 valence electrons. The fraction of sp³-hybridized carbons (Fsp3) is 0.538. The van der Waals surface area contributed by atoms with E-state index in [0.717, 1.165) is 25.0 Å². The number of rotatable bonds is 5. The Morgan fingerprint density at radius 3 is 2.16 bits per heavy atom. The van der Waals surface area contributed by atoms with Crippen LogP contribution in [0.25, 0.3) is 0 Å². The summed E-state index contributed by atoms with van der Waals surface area (Å²) in [4.78, 5) is 0. The highest BCUT2D eigenvalue weighted by Crippen LogP contribution is 2.34. The lowest BCUT2D eigenvalue weighted by Gasteiger charge is -2.25. The Morgan fingerprint density at radius 1 is 1.21 bits per heavy atom. The summed E-state index contributed by atoms with van der Waals surface area (Å²) in [5.74, 6) is 4.31. The number of benzene rings is 1. The highest BCUT2D eigenvalue weighted by atomic mass is 19.4. The molecule has 0 radical (unpaired) electrons. The molecule has 19 heavy (non-hydrogen) atoms. The molecule has 1 aromatic rings. The van der Waals surface area contributed by atoms with Crippen LogP contribution < -0.4 is 11.3 Å². The van der Waals surface area contributed by atoms with Gasteiger partial charge in [-0.2, -0.15) is 13.2 Å². The standard InChI is InChI=1S/C13H18F4N2/c1-3-8(4-2)12(19-18)9-5-6-10(11(14)7-9)13(15,16)17/h5-8,12,19H,3-4,18H2,1-2H3. The van der Waals surface area contributed by atoms with Crippen molar-refractivity contribution < 1.29 is 17.6 Å². The molecule has 0 fully saturated rings. The average Bonchev–Trinajstić information content (AvgIpc) is 2.34. The van der Waals surface area contributed by atoms with Gasteiger partial charge in [-0.25, -0.2) is 4.39 Å². The Kier molecular flexibility index (Phi) is 5.31. The molecule has 1 unspecified atom stereocenters. The van der Waals surface area contributed by atoms with Gasteiger partial charge in [-0.05, 0) is 23.6 Å². The zero-order valence-electron chi connectivity index (χ0n) is 10.9. The summed E-state index contributed by atoms with van der Waals surface area (Å²) in [7, 11) is 0. The Labute approximate surface area is 110 Å². The largest absolute Gasteiger partial charge is 0.419 e. The van der Waals surface area contributed by atoms with E-state index in [1.807, 2.05) is 13.8 Å². The fourth-order valence-electron chi connectivity index (χ4n) is 2.22. The molecular weight excluding hydrogens is 260 g/mol. The third-order valence-electron chi connectivity index (χ3n) is 3.36. The first kappa shape index (κ1) is 15.9. The molecule has 0 saturated carbocycles. The van der Waals surface area contributed by atoms with Crippen LogP contribution in [0, 0.1) is 11.7 Å². The molecule has 6 heteroatoms. The van der Waals surface area contributed by atoms with Gasteiger partial charge in [0.1, 0.15) is 5.82 Å². The fourth-order valence-corrected chi connectivity index (χ4v) is 2.22. The van der Waals surface area contributed by atoms with Crippen molar-refractivity contribution in [3.8, 4) is 0 Å². The Balaban J connectivity index is 3.11. The molecule has 0 amide bonds. The van der Waals surface area contributed by atoms with Gasteiger partial charge in [-0.1, -0.05) is 32.8 Å². The van der Waals surface area contributed by atoms with E-state index in [9.17, 15) is 17.6 Å². The first-order chi connectivity index (χ1) is 8.85. The van der Waals surface area contributed by atoms with Gasteiger partial charge in [-0.15, -0.1) is 0 Å². The topological polar surface area (TPSA) is 38.0 Å². The maximum Gasteiger partial charge on any atom is 0.419 e. The molecule has 0 spiro atoms. The second kappa shape index (κ2) is 6.34. The van der Waals surface area contributed by atoms with Crippen molar-refractivity contribution in [3.05, 3.63) is 35.1 Å². The van der Waals surface area contributed by atoms with E-state index in [1.165, 1.54) is 6.07 Å². The lowest BCUT2D eigenvalue weighted by molar-refractivity contribution is -0.140. The second-order valence-electron chi connectivity index (χ2n) is 4.46. The van der Waals surface area contributed by atoms with E-state index in [2.05, 4.69) is 5.43 Å². The van der Waals surface area contributed by atoms with Crippen LogP contribution in [0.5, 0.6) is 0 Å². The molecule has 1 atom stereocenters. The molecule has 2 nitrogen and oxygen atoms in total. The van der Waals surface area contributed by atoms with E-state index >= 15 is 0 Å². The van der Waals surface area contributed by atoms with Gasteiger partial charge in [0.2, 0.25) is 0 Å². The van der Waals surface area contributed by atoms with E-state index in [4.69, 9.17) is 5.84 Å². The molecular formula is C13H18F4N2. The van der Waals surface area contributed by atoms with Crippen LogP contribution in [-0.2, 0) is 6.18 Å². The number of nitrogens with two attached hydrogens (primary N) is 1. The maximum atomic E-state index is 13.5. The first-order valence-electron chi connectivity index (χ1n) is 6.17. The van der Waals surface area contributed by atoms with Crippen molar-refractivity contribution in [3.63, 3.8) is 0 Å². The minimum Gasteiger partial charge on any atom is -0.271 e. The molecule has 0 aliphatic heterocycles. The highest BCUT2D eigenvalue weighted by Gasteiger charge is 2.34. The maximum absolute atomic E-state index is 13.5. The van der Waals surface area contributed by atoms with Gasteiger partial charge in [0, 0.05) is 6.04 Å². The molecule has 0 bridgehead atoms. The van der Waals surface area contributed by atoms with Gasteiger partial charge >= 0.3 is 6.18 Å². The summed E-state index contributed by atoms with van der Waals surface area (Å²) in [5.41, 5.74) is 1.74. The average molecular weight is 278 g/mol. The summed E-state index contributed by atoms with van der Waals surface area (Å²) >= 11 is 0. The Hall–Kier alpha value is -1.14. The summed E-state index contributed by atoms with van der Waals surface area (Å²) in [6, 6.07) is 2.59. The third kappa shape index (κ3) is 3.67. The molecule has 1 rings (SSSR count). The zero-order valence-corrected chi connectivity index (χ0v) is 10.9.